The molecule has 4 rings (SSSR count). The molecule has 0 fully saturated rings. The lowest BCUT2D eigenvalue weighted by atomic mass is 10.0. The Hall–Kier alpha value is -2.59. The number of nitrogens with one attached hydrogen (secondary N) is 1. The Morgan fingerprint density at radius 1 is 1.22 bits per heavy atom. The number of pyridine rings is 1. The number of aromatic nitrogens is 6. The minimum Gasteiger partial charge on any atom is -0.357 e. The maximum absolute atomic E-state index is 5.54. The highest BCUT2D eigenvalue weighted by Gasteiger charge is 2.25. The van der Waals surface area contributed by atoms with Crippen molar-refractivity contribution in [2.75, 3.05) is 11.6 Å². The Morgan fingerprint density at radius 2 is 2.11 bits per heavy atom. The molecule has 1 atom stereocenters. The molecule has 0 spiro atoms. The first kappa shape index (κ1) is 17.8. The van der Waals surface area contributed by atoms with Crippen LogP contribution in [0, 0.1) is 5.92 Å². The van der Waals surface area contributed by atoms with Crippen molar-refractivity contribution in [3.8, 4) is 11.4 Å². The third-order valence-electron chi connectivity index (χ3n) is 3.93. The summed E-state index contributed by atoms with van der Waals surface area (Å²) >= 11 is 3.16. The molecule has 10 heteroatoms. The number of thiazole rings is 1. The zero-order valence-corrected chi connectivity index (χ0v) is 16.6. The van der Waals surface area contributed by atoms with Crippen LogP contribution in [0.25, 0.3) is 21.7 Å². The number of fused-ring (bicyclic) bond motifs is 1. The fraction of sp³-hybridized carbons (Fsp3) is 0.294. The second kappa shape index (κ2) is 7.57. The van der Waals surface area contributed by atoms with Crippen molar-refractivity contribution in [2.45, 2.75) is 24.2 Å². The normalized spacial score (nSPS) is 12.6. The predicted octanol–water partition coefficient (Wildman–Crippen LogP) is 4.06. The van der Waals surface area contributed by atoms with E-state index in [0.717, 1.165) is 20.4 Å². The fourth-order valence-electron chi connectivity index (χ4n) is 2.56. The first-order chi connectivity index (χ1) is 13.2. The third kappa shape index (κ3) is 3.62. The summed E-state index contributed by atoms with van der Waals surface area (Å²) < 4.78 is 7.41. The van der Waals surface area contributed by atoms with E-state index < -0.39 is 0 Å². The second-order valence-electron chi connectivity index (χ2n) is 6.12. The first-order valence-electron chi connectivity index (χ1n) is 8.31. The molecule has 1 unspecified atom stereocenters. The van der Waals surface area contributed by atoms with Gasteiger partial charge >= 0.3 is 0 Å². The van der Waals surface area contributed by atoms with Gasteiger partial charge in [-0.25, -0.2) is 15.0 Å². The molecule has 4 aromatic rings. The van der Waals surface area contributed by atoms with Crippen molar-refractivity contribution in [3.63, 3.8) is 0 Å². The molecular formula is C17H17N7OS2. The zero-order chi connectivity index (χ0) is 18.8. The van der Waals surface area contributed by atoms with Gasteiger partial charge < -0.3 is 9.84 Å². The van der Waals surface area contributed by atoms with E-state index in [0.29, 0.717) is 17.4 Å². The SMILES string of the molecule is CSc1nc2ncnc(NC(c3nc(-c4cccnc4)no3)C(C)C)c2s1. The maximum atomic E-state index is 5.54. The van der Waals surface area contributed by atoms with Crippen LogP contribution in [0.15, 0.2) is 39.7 Å². The molecular weight excluding hydrogens is 382 g/mol. The van der Waals surface area contributed by atoms with E-state index >= 15 is 0 Å². The number of hydrogen-bond donors (Lipinski definition) is 1. The van der Waals surface area contributed by atoms with E-state index in [4.69, 9.17) is 4.52 Å². The Kier molecular flexibility index (Phi) is 4.99. The standard InChI is InChI=1S/C17H17N7OS2/c1-9(2)11(16-22-13(24-25-16)10-5-4-6-18-7-10)21-14-12-15(20-8-19-14)23-17(26-3)27-12/h4-9,11H,1-3H3,(H,19,20,21). The number of hydrogen-bond acceptors (Lipinski definition) is 10. The molecule has 27 heavy (non-hydrogen) atoms. The molecule has 0 amide bonds. The Morgan fingerprint density at radius 3 is 2.85 bits per heavy atom. The fourth-order valence-corrected chi connectivity index (χ4v) is 4.03. The van der Waals surface area contributed by atoms with Crippen LogP contribution >= 0.6 is 23.1 Å². The van der Waals surface area contributed by atoms with Gasteiger partial charge in [0.1, 0.15) is 22.9 Å². The monoisotopic (exact) mass is 399 g/mol. The number of nitrogens with zero attached hydrogens (tertiary/aromatic N) is 6. The van der Waals surface area contributed by atoms with Crippen molar-refractivity contribution in [1.82, 2.24) is 30.1 Å². The molecule has 0 aromatic carbocycles. The molecule has 0 aliphatic carbocycles. The van der Waals surface area contributed by atoms with Crippen LogP contribution in [0.1, 0.15) is 25.8 Å². The van der Waals surface area contributed by atoms with Crippen molar-refractivity contribution < 1.29 is 4.52 Å². The topological polar surface area (TPSA) is 103 Å². The van der Waals surface area contributed by atoms with E-state index in [-0.39, 0.29) is 12.0 Å². The van der Waals surface area contributed by atoms with Crippen LogP contribution in [-0.2, 0) is 0 Å². The van der Waals surface area contributed by atoms with Crippen LogP contribution in [-0.4, -0.2) is 36.3 Å². The summed E-state index contributed by atoms with van der Waals surface area (Å²) in [5.74, 6) is 1.94. The molecule has 0 radical (unpaired) electrons. The lowest BCUT2D eigenvalue weighted by Crippen LogP contribution is -2.18. The Labute approximate surface area is 163 Å². The van der Waals surface area contributed by atoms with Gasteiger partial charge in [-0.3, -0.25) is 4.98 Å². The van der Waals surface area contributed by atoms with Crippen molar-refractivity contribution in [2.24, 2.45) is 5.92 Å². The van der Waals surface area contributed by atoms with Gasteiger partial charge in [0, 0.05) is 18.0 Å². The lowest BCUT2D eigenvalue weighted by molar-refractivity contribution is 0.336. The maximum Gasteiger partial charge on any atom is 0.249 e. The number of thioether (sulfide) groups is 1. The van der Waals surface area contributed by atoms with Crippen LogP contribution in [0.3, 0.4) is 0 Å². The average Bonchev–Trinajstić information content (AvgIpc) is 3.33. The van der Waals surface area contributed by atoms with E-state index in [1.807, 2.05) is 18.4 Å². The zero-order valence-electron chi connectivity index (χ0n) is 14.9. The minimum absolute atomic E-state index is 0.194. The highest BCUT2D eigenvalue weighted by atomic mass is 32.2. The molecule has 0 aliphatic rings. The summed E-state index contributed by atoms with van der Waals surface area (Å²) in [6, 6.07) is 3.55. The summed E-state index contributed by atoms with van der Waals surface area (Å²) in [7, 11) is 0. The molecule has 0 saturated carbocycles. The molecule has 138 valence electrons. The smallest absolute Gasteiger partial charge is 0.249 e. The Balaban J connectivity index is 1.67. The van der Waals surface area contributed by atoms with Crippen molar-refractivity contribution >= 4 is 39.3 Å². The summed E-state index contributed by atoms with van der Waals surface area (Å²) in [4.78, 5) is 21.8. The molecule has 1 N–H and O–H groups in total. The van der Waals surface area contributed by atoms with E-state index in [9.17, 15) is 0 Å². The van der Waals surface area contributed by atoms with Crippen LogP contribution < -0.4 is 5.32 Å². The van der Waals surface area contributed by atoms with Gasteiger partial charge in [-0.15, -0.1) is 11.3 Å². The van der Waals surface area contributed by atoms with E-state index in [1.165, 1.54) is 6.33 Å². The second-order valence-corrected chi connectivity index (χ2v) is 8.18. The largest absolute Gasteiger partial charge is 0.357 e. The van der Waals surface area contributed by atoms with Crippen LogP contribution in [0.2, 0.25) is 0 Å². The Bertz CT molecular complexity index is 1050. The summed E-state index contributed by atoms with van der Waals surface area (Å²) in [6.45, 7) is 4.17. The van der Waals surface area contributed by atoms with Crippen molar-refractivity contribution in [3.05, 3.63) is 36.7 Å². The van der Waals surface area contributed by atoms with Gasteiger partial charge in [0.05, 0.1) is 0 Å². The number of anilines is 1. The van der Waals surface area contributed by atoms with Crippen LogP contribution in [0.4, 0.5) is 5.82 Å². The minimum atomic E-state index is -0.194. The molecule has 0 aliphatic heterocycles. The van der Waals surface area contributed by atoms with Gasteiger partial charge in [0.2, 0.25) is 11.7 Å². The molecule has 4 aromatic heterocycles. The summed E-state index contributed by atoms with van der Waals surface area (Å²) in [5.41, 5.74) is 1.50. The van der Waals surface area contributed by atoms with Gasteiger partial charge in [-0.1, -0.05) is 30.8 Å². The highest BCUT2D eigenvalue weighted by molar-refractivity contribution is 8.00. The predicted molar refractivity (Wildman–Crippen MR) is 106 cm³/mol. The van der Waals surface area contributed by atoms with Gasteiger partial charge in [0.25, 0.3) is 0 Å². The van der Waals surface area contributed by atoms with E-state index in [2.05, 4.69) is 49.2 Å². The number of rotatable bonds is 6. The quantitative estimate of drug-likeness (QED) is 0.481. The first-order valence-corrected chi connectivity index (χ1v) is 10.4. The molecule has 8 nitrogen and oxygen atoms in total. The van der Waals surface area contributed by atoms with Crippen molar-refractivity contribution in [1.29, 1.82) is 0 Å². The lowest BCUT2D eigenvalue weighted by Gasteiger charge is -2.19. The summed E-state index contributed by atoms with van der Waals surface area (Å²) in [6.07, 6.45) is 6.93. The van der Waals surface area contributed by atoms with Gasteiger partial charge in [-0.2, -0.15) is 4.98 Å². The average molecular weight is 400 g/mol. The van der Waals surface area contributed by atoms with Crippen LogP contribution in [0.5, 0.6) is 0 Å². The molecule has 4 heterocycles. The molecule has 0 saturated heterocycles. The van der Waals surface area contributed by atoms with Gasteiger partial charge in [-0.05, 0) is 24.3 Å². The third-order valence-corrected chi connectivity index (χ3v) is 5.97. The van der Waals surface area contributed by atoms with Gasteiger partial charge in [0.15, 0.2) is 9.99 Å². The van der Waals surface area contributed by atoms with E-state index in [1.54, 1.807) is 35.5 Å². The molecule has 0 bridgehead atoms. The summed E-state index contributed by atoms with van der Waals surface area (Å²) in [5, 5.41) is 7.54. The highest BCUT2D eigenvalue weighted by Crippen LogP contribution is 2.34.